The molecule has 0 aliphatic heterocycles. The molecule has 1 aromatic rings. The smallest absolute Gasteiger partial charge is 0.265 e. The SMILES string of the molecule is C=CCCOCc1cccc(C(=O)NN)c1. The highest BCUT2D eigenvalue weighted by Crippen LogP contribution is 2.06. The van der Waals surface area contributed by atoms with Crippen molar-refractivity contribution in [2.45, 2.75) is 13.0 Å². The standard InChI is InChI=1S/C12H16N2O2/c1-2-3-7-16-9-10-5-4-6-11(8-10)12(15)14-13/h2,4-6,8H,1,3,7,9,13H2,(H,14,15). The minimum Gasteiger partial charge on any atom is -0.376 e. The lowest BCUT2D eigenvalue weighted by molar-refractivity contribution is 0.0953. The summed E-state index contributed by atoms with van der Waals surface area (Å²) in [4.78, 5) is 11.3. The second-order valence-corrected chi connectivity index (χ2v) is 3.30. The van der Waals surface area contributed by atoms with Gasteiger partial charge in [0.15, 0.2) is 0 Å². The van der Waals surface area contributed by atoms with E-state index in [1.54, 1.807) is 24.3 Å². The number of hydrazine groups is 1. The second kappa shape index (κ2) is 6.76. The molecular formula is C12H16N2O2. The Morgan fingerprint density at radius 2 is 2.38 bits per heavy atom. The van der Waals surface area contributed by atoms with Crippen LogP contribution < -0.4 is 11.3 Å². The number of benzene rings is 1. The third-order valence-corrected chi connectivity index (χ3v) is 2.06. The number of nitrogen functional groups attached to an aromatic ring is 1. The zero-order valence-electron chi connectivity index (χ0n) is 9.11. The molecule has 0 unspecified atom stereocenters. The van der Waals surface area contributed by atoms with Crippen molar-refractivity contribution in [3.8, 4) is 0 Å². The number of hydrogen-bond donors (Lipinski definition) is 2. The fourth-order valence-corrected chi connectivity index (χ4v) is 1.24. The van der Waals surface area contributed by atoms with Crippen LogP contribution in [0.2, 0.25) is 0 Å². The monoisotopic (exact) mass is 220 g/mol. The Hall–Kier alpha value is -1.65. The van der Waals surface area contributed by atoms with Gasteiger partial charge in [0.1, 0.15) is 0 Å². The van der Waals surface area contributed by atoms with Crippen molar-refractivity contribution in [2.24, 2.45) is 5.84 Å². The lowest BCUT2D eigenvalue weighted by Crippen LogP contribution is -2.29. The van der Waals surface area contributed by atoms with Gasteiger partial charge < -0.3 is 4.74 Å². The first-order valence-corrected chi connectivity index (χ1v) is 5.06. The minimum absolute atomic E-state index is 0.298. The lowest BCUT2D eigenvalue weighted by Gasteiger charge is -2.05. The summed E-state index contributed by atoms with van der Waals surface area (Å²) in [5.74, 6) is 4.75. The molecule has 0 aliphatic carbocycles. The largest absolute Gasteiger partial charge is 0.376 e. The summed E-state index contributed by atoms with van der Waals surface area (Å²) in [5.41, 5.74) is 3.58. The Morgan fingerprint density at radius 1 is 1.56 bits per heavy atom. The van der Waals surface area contributed by atoms with Crippen LogP contribution in [0.4, 0.5) is 0 Å². The summed E-state index contributed by atoms with van der Waals surface area (Å²) in [6, 6.07) is 7.17. The number of nitrogens with one attached hydrogen (secondary N) is 1. The quantitative estimate of drug-likeness (QED) is 0.250. The van der Waals surface area contributed by atoms with Gasteiger partial charge in [-0.05, 0) is 24.1 Å². The van der Waals surface area contributed by atoms with Gasteiger partial charge in [0.05, 0.1) is 13.2 Å². The van der Waals surface area contributed by atoms with E-state index in [9.17, 15) is 4.79 Å². The Balaban J connectivity index is 2.53. The molecule has 3 N–H and O–H groups in total. The van der Waals surface area contributed by atoms with E-state index < -0.39 is 0 Å². The second-order valence-electron chi connectivity index (χ2n) is 3.30. The zero-order chi connectivity index (χ0) is 11.8. The number of nitrogens with two attached hydrogens (primary N) is 1. The Kier molecular flexibility index (Phi) is 5.25. The molecule has 0 bridgehead atoms. The third kappa shape index (κ3) is 3.84. The first-order valence-electron chi connectivity index (χ1n) is 5.06. The van der Waals surface area contributed by atoms with Crippen molar-refractivity contribution in [2.75, 3.05) is 6.61 Å². The van der Waals surface area contributed by atoms with Gasteiger partial charge in [-0.3, -0.25) is 10.2 Å². The van der Waals surface area contributed by atoms with Gasteiger partial charge in [0.25, 0.3) is 5.91 Å². The first kappa shape index (κ1) is 12.4. The van der Waals surface area contributed by atoms with E-state index in [2.05, 4.69) is 12.0 Å². The molecule has 86 valence electrons. The van der Waals surface area contributed by atoms with Crippen LogP contribution in [0.5, 0.6) is 0 Å². The summed E-state index contributed by atoms with van der Waals surface area (Å²) in [6.07, 6.45) is 2.63. The van der Waals surface area contributed by atoms with Crippen molar-refractivity contribution in [3.05, 3.63) is 48.0 Å². The van der Waals surface area contributed by atoms with Crippen LogP contribution in [0.3, 0.4) is 0 Å². The molecule has 0 saturated carbocycles. The van der Waals surface area contributed by atoms with Gasteiger partial charge in [-0.15, -0.1) is 6.58 Å². The summed E-state index contributed by atoms with van der Waals surface area (Å²) < 4.78 is 5.39. The zero-order valence-corrected chi connectivity index (χ0v) is 9.11. The molecule has 0 aromatic heterocycles. The number of ether oxygens (including phenoxy) is 1. The highest BCUT2D eigenvalue weighted by molar-refractivity contribution is 5.93. The van der Waals surface area contributed by atoms with Gasteiger partial charge in [-0.2, -0.15) is 0 Å². The Bertz CT molecular complexity index is 364. The maximum atomic E-state index is 11.3. The van der Waals surface area contributed by atoms with Crippen LogP contribution in [0.15, 0.2) is 36.9 Å². The normalized spacial score (nSPS) is 9.81. The third-order valence-electron chi connectivity index (χ3n) is 2.06. The summed E-state index contributed by atoms with van der Waals surface area (Å²) in [5, 5.41) is 0. The molecule has 0 heterocycles. The van der Waals surface area contributed by atoms with Gasteiger partial charge in [0.2, 0.25) is 0 Å². The molecule has 0 saturated heterocycles. The number of hydrogen-bond acceptors (Lipinski definition) is 3. The molecule has 1 rings (SSSR count). The number of amides is 1. The van der Waals surface area contributed by atoms with Crippen LogP contribution in [-0.4, -0.2) is 12.5 Å². The highest BCUT2D eigenvalue weighted by atomic mass is 16.5. The van der Waals surface area contributed by atoms with E-state index in [1.807, 2.05) is 6.07 Å². The predicted molar refractivity (Wildman–Crippen MR) is 62.6 cm³/mol. The van der Waals surface area contributed by atoms with Crippen LogP contribution >= 0.6 is 0 Å². The molecular weight excluding hydrogens is 204 g/mol. The van der Waals surface area contributed by atoms with Crippen molar-refractivity contribution < 1.29 is 9.53 Å². The summed E-state index contributed by atoms with van der Waals surface area (Å²) >= 11 is 0. The van der Waals surface area contributed by atoms with Gasteiger partial charge >= 0.3 is 0 Å². The van der Waals surface area contributed by atoms with E-state index in [4.69, 9.17) is 10.6 Å². The van der Waals surface area contributed by atoms with Crippen LogP contribution in [-0.2, 0) is 11.3 Å². The fraction of sp³-hybridized carbons (Fsp3) is 0.250. The molecule has 4 nitrogen and oxygen atoms in total. The maximum absolute atomic E-state index is 11.3. The summed E-state index contributed by atoms with van der Waals surface area (Å²) in [6.45, 7) is 4.73. The van der Waals surface area contributed by atoms with Crippen LogP contribution in [0.1, 0.15) is 22.3 Å². The molecule has 4 heteroatoms. The molecule has 1 aromatic carbocycles. The Labute approximate surface area is 95.1 Å². The van der Waals surface area contributed by atoms with Gasteiger partial charge in [0, 0.05) is 5.56 Å². The molecule has 0 atom stereocenters. The minimum atomic E-state index is -0.298. The Morgan fingerprint density at radius 3 is 3.06 bits per heavy atom. The van der Waals surface area contributed by atoms with Crippen molar-refractivity contribution in [1.82, 2.24) is 5.43 Å². The van der Waals surface area contributed by atoms with Gasteiger partial charge in [-0.25, -0.2) is 5.84 Å². The van der Waals surface area contributed by atoms with E-state index in [0.717, 1.165) is 12.0 Å². The summed E-state index contributed by atoms with van der Waals surface area (Å²) in [7, 11) is 0. The average Bonchev–Trinajstić information content (AvgIpc) is 2.34. The van der Waals surface area contributed by atoms with Gasteiger partial charge in [-0.1, -0.05) is 18.2 Å². The first-order chi connectivity index (χ1) is 7.77. The van der Waals surface area contributed by atoms with Crippen LogP contribution in [0.25, 0.3) is 0 Å². The molecule has 0 radical (unpaired) electrons. The van der Waals surface area contributed by atoms with E-state index in [1.165, 1.54) is 0 Å². The molecule has 0 fully saturated rings. The lowest BCUT2D eigenvalue weighted by atomic mass is 10.1. The average molecular weight is 220 g/mol. The maximum Gasteiger partial charge on any atom is 0.265 e. The number of carbonyl (C=O) groups is 1. The molecule has 16 heavy (non-hydrogen) atoms. The molecule has 0 aliphatic rings. The van der Waals surface area contributed by atoms with Crippen molar-refractivity contribution >= 4 is 5.91 Å². The number of carbonyl (C=O) groups excluding carboxylic acids is 1. The van der Waals surface area contributed by atoms with Crippen molar-refractivity contribution in [1.29, 1.82) is 0 Å². The van der Waals surface area contributed by atoms with E-state index in [0.29, 0.717) is 18.8 Å². The van der Waals surface area contributed by atoms with Crippen molar-refractivity contribution in [3.63, 3.8) is 0 Å². The van der Waals surface area contributed by atoms with E-state index >= 15 is 0 Å². The molecule has 0 spiro atoms. The number of rotatable bonds is 6. The van der Waals surface area contributed by atoms with Crippen LogP contribution in [0, 0.1) is 0 Å². The highest BCUT2D eigenvalue weighted by Gasteiger charge is 2.03. The fourth-order valence-electron chi connectivity index (χ4n) is 1.24. The topological polar surface area (TPSA) is 64.3 Å². The predicted octanol–water partition coefficient (Wildman–Crippen LogP) is 1.38. The molecule has 1 amide bonds. The van der Waals surface area contributed by atoms with E-state index in [-0.39, 0.29) is 5.91 Å².